The van der Waals surface area contributed by atoms with Gasteiger partial charge in [-0.05, 0) is 30.7 Å². The van der Waals surface area contributed by atoms with E-state index in [0.717, 1.165) is 51.5 Å². The van der Waals surface area contributed by atoms with Gasteiger partial charge >= 0.3 is 0 Å². The molecule has 0 unspecified atom stereocenters. The van der Waals surface area contributed by atoms with Crippen molar-refractivity contribution < 1.29 is 0 Å². The van der Waals surface area contributed by atoms with E-state index < -0.39 is 0 Å². The molecule has 3 heterocycles. The Morgan fingerprint density at radius 1 is 1.12 bits per heavy atom. The van der Waals surface area contributed by atoms with Crippen LogP contribution in [0.4, 0.5) is 11.8 Å². The van der Waals surface area contributed by atoms with Crippen LogP contribution in [0.2, 0.25) is 0 Å². The van der Waals surface area contributed by atoms with Crippen molar-refractivity contribution in [2.45, 2.75) is 13.3 Å². The molecule has 0 aliphatic carbocycles. The Morgan fingerprint density at radius 3 is 2.58 bits per heavy atom. The Hall–Kier alpha value is -2.28. The molecule has 2 aromatic heterocycles. The number of likely N-dealkylation sites (N-methyl/N-ethyl adjacent to an activating group) is 2. The highest BCUT2D eigenvalue weighted by Gasteiger charge is 2.18. The maximum Gasteiger partial charge on any atom is 0.247 e. The van der Waals surface area contributed by atoms with Gasteiger partial charge in [-0.25, -0.2) is 0 Å². The van der Waals surface area contributed by atoms with Crippen molar-refractivity contribution in [2.75, 3.05) is 56.1 Å². The maximum absolute atomic E-state index is 4.71. The number of hydrogen-bond donors (Lipinski definition) is 0. The third kappa shape index (κ3) is 4.17. The highest BCUT2D eigenvalue weighted by molar-refractivity contribution is 5.41. The summed E-state index contributed by atoms with van der Waals surface area (Å²) >= 11 is 0. The second kappa shape index (κ2) is 8.01. The van der Waals surface area contributed by atoms with E-state index in [1.54, 1.807) is 6.20 Å². The molecule has 1 fully saturated rings. The van der Waals surface area contributed by atoms with Gasteiger partial charge in [0.05, 0.1) is 6.20 Å². The van der Waals surface area contributed by atoms with Crippen LogP contribution in [0.3, 0.4) is 0 Å². The molecule has 0 saturated carbocycles. The summed E-state index contributed by atoms with van der Waals surface area (Å²) in [6, 6.07) is 4.08. The number of piperazine rings is 1. The highest BCUT2D eigenvalue weighted by Crippen LogP contribution is 2.15. The van der Waals surface area contributed by atoms with Gasteiger partial charge in [0, 0.05) is 52.2 Å². The fraction of sp³-hybridized carbons (Fsp3) is 0.529. The smallest absolute Gasteiger partial charge is 0.247 e. The molecule has 7 nitrogen and oxygen atoms in total. The van der Waals surface area contributed by atoms with Gasteiger partial charge in [0.1, 0.15) is 0 Å². The lowest BCUT2D eigenvalue weighted by Crippen LogP contribution is -2.46. The summed E-state index contributed by atoms with van der Waals surface area (Å²) in [5.74, 6) is 1.60. The zero-order chi connectivity index (χ0) is 16.8. The van der Waals surface area contributed by atoms with Crippen molar-refractivity contribution >= 4 is 11.8 Å². The summed E-state index contributed by atoms with van der Waals surface area (Å²) in [6.45, 7) is 8.30. The number of aromatic nitrogens is 4. The third-order valence-electron chi connectivity index (χ3n) is 4.51. The Labute approximate surface area is 143 Å². The molecule has 0 N–H and O–H groups in total. The van der Waals surface area contributed by atoms with Crippen molar-refractivity contribution in [3.05, 3.63) is 36.3 Å². The minimum atomic E-state index is 0.680. The Morgan fingerprint density at radius 2 is 1.88 bits per heavy atom. The fourth-order valence-electron chi connectivity index (χ4n) is 2.84. The van der Waals surface area contributed by atoms with Gasteiger partial charge in [0.2, 0.25) is 5.95 Å². The van der Waals surface area contributed by atoms with Crippen LogP contribution in [0, 0.1) is 0 Å². The minimum Gasteiger partial charge on any atom is -0.353 e. The zero-order valence-electron chi connectivity index (χ0n) is 14.5. The number of rotatable bonds is 6. The fourth-order valence-corrected chi connectivity index (χ4v) is 2.84. The van der Waals surface area contributed by atoms with E-state index in [1.807, 2.05) is 31.6 Å². The first kappa shape index (κ1) is 16.6. The topological polar surface area (TPSA) is 61.3 Å². The summed E-state index contributed by atoms with van der Waals surface area (Å²) in [7, 11) is 2.01. The normalized spacial score (nSPS) is 15.5. The second-order valence-corrected chi connectivity index (χ2v) is 6.06. The average molecular weight is 327 g/mol. The SMILES string of the molecule is CCN1CCN(c2cnnc(N(C)CCc3ccncc3)n2)CC1. The summed E-state index contributed by atoms with van der Waals surface area (Å²) in [6.07, 6.45) is 6.34. The van der Waals surface area contributed by atoms with Gasteiger partial charge < -0.3 is 14.7 Å². The zero-order valence-corrected chi connectivity index (χ0v) is 14.5. The molecule has 0 amide bonds. The van der Waals surface area contributed by atoms with Crippen LogP contribution >= 0.6 is 0 Å². The summed E-state index contributed by atoms with van der Waals surface area (Å²) in [5, 5.41) is 8.35. The van der Waals surface area contributed by atoms with Gasteiger partial charge in [-0.15, -0.1) is 5.10 Å². The first-order chi connectivity index (χ1) is 11.8. The number of anilines is 2. The van der Waals surface area contributed by atoms with Crippen molar-refractivity contribution in [3.63, 3.8) is 0 Å². The molecule has 0 aromatic carbocycles. The lowest BCUT2D eigenvalue weighted by molar-refractivity contribution is 0.270. The molecule has 7 heteroatoms. The molecule has 0 radical (unpaired) electrons. The standard InChI is InChI=1S/C17H25N7/c1-3-23-10-12-24(13-11-23)16-14-19-21-17(20-16)22(2)9-6-15-4-7-18-8-5-15/h4-5,7-8,14H,3,6,9-13H2,1-2H3. The highest BCUT2D eigenvalue weighted by atomic mass is 15.4. The van der Waals surface area contributed by atoms with Crippen molar-refractivity contribution in [1.29, 1.82) is 0 Å². The molecular weight excluding hydrogens is 302 g/mol. The van der Waals surface area contributed by atoms with Crippen molar-refractivity contribution in [3.8, 4) is 0 Å². The molecule has 0 atom stereocenters. The lowest BCUT2D eigenvalue weighted by atomic mass is 10.2. The van der Waals surface area contributed by atoms with Gasteiger partial charge in [-0.3, -0.25) is 4.98 Å². The van der Waals surface area contributed by atoms with Crippen LogP contribution in [0.1, 0.15) is 12.5 Å². The van der Waals surface area contributed by atoms with Crippen LogP contribution in [0.25, 0.3) is 0 Å². The van der Waals surface area contributed by atoms with Crippen LogP contribution in [-0.4, -0.2) is 71.4 Å². The monoisotopic (exact) mass is 327 g/mol. The predicted octanol–water partition coefficient (Wildman–Crippen LogP) is 1.09. The van der Waals surface area contributed by atoms with E-state index in [-0.39, 0.29) is 0 Å². The average Bonchev–Trinajstić information content (AvgIpc) is 2.67. The number of nitrogens with zero attached hydrogens (tertiary/aromatic N) is 7. The maximum atomic E-state index is 4.71. The molecule has 3 rings (SSSR count). The molecule has 1 aliphatic rings. The van der Waals surface area contributed by atoms with Gasteiger partial charge in [-0.2, -0.15) is 10.1 Å². The summed E-state index contributed by atoms with van der Waals surface area (Å²) in [4.78, 5) is 15.6. The van der Waals surface area contributed by atoms with Crippen molar-refractivity contribution in [1.82, 2.24) is 25.1 Å². The van der Waals surface area contributed by atoms with E-state index in [2.05, 4.69) is 36.8 Å². The lowest BCUT2D eigenvalue weighted by Gasteiger charge is -2.34. The van der Waals surface area contributed by atoms with Crippen LogP contribution in [0.5, 0.6) is 0 Å². The predicted molar refractivity (Wildman–Crippen MR) is 95.4 cm³/mol. The molecule has 1 aliphatic heterocycles. The minimum absolute atomic E-state index is 0.680. The quantitative estimate of drug-likeness (QED) is 0.787. The number of pyridine rings is 1. The first-order valence-corrected chi connectivity index (χ1v) is 8.53. The van der Waals surface area contributed by atoms with Crippen molar-refractivity contribution in [2.24, 2.45) is 0 Å². The van der Waals surface area contributed by atoms with Crippen LogP contribution in [0.15, 0.2) is 30.7 Å². The Bertz CT molecular complexity index is 626. The van der Waals surface area contributed by atoms with Gasteiger partial charge in [0.15, 0.2) is 5.82 Å². The summed E-state index contributed by atoms with van der Waals surface area (Å²) in [5.41, 5.74) is 1.26. The molecule has 24 heavy (non-hydrogen) atoms. The first-order valence-electron chi connectivity index (χ1n) is 8.53. The molecule has 2 aromatic rings. The van der Waals surface area contributed by atoms with E-state index in [4.69, 9.17) is 4.98 Å². The van der Waals surface area contributed by atoms with E-state index in [1.165, 1.54) is 5.56 Å². The van der Waals surface area contributed by atoms with E-state index >= 15 is 0 Å². The molecule has 1 saturated heterocycles. The molecule has 0 spiro atoms. The Kier molecular flexibility index (Phi) is 5.53. The largest absolute Gasteiger partial charge is 0.353 e. The molecule has 128 valence electrons. The van der Waals surface area contributed by atoms with Crippen LogP contribution in [-0.2, 0) is 6.42 Å². The molecular formula is C17H25N7. The van der Waals surface area contributed by atoms with E-state index in [9.17, 15) is 0 Å². The molecule has 0 bridgehead atoms. The number of hydrogen-bond acceptors (Lipinski definition) is 7. The third-order valence-corrected chi connectivity index (χ3v) is 4.51. The van der Waals surface area contributed by atoms with Gasteiger partial charge in [-0.1, -0.05) is 6.92 Å². The van der Waals surface area contributed by atoms with Crippen LogP contribution < -0.4 is 9.80 Å². The van der Waals surface area contributed by atoms with E-state index in [0.29, 0.717) is 5.95 Å². The second-order valence-electron chi connectivity index (χ2n) is 6.06. The Balaban J connectivity index is 1.60. The van der Waals surface area contributed by atoms with Gasteiger partial charge in [0.25, 0.3) is 0 Å². The summed E-state index contributed by atoms with van der Waals surface area (Å²) < 4.78 is 0.